The van der Waals surface area contributed by atoms with Crippen molar-refractivity contribution in [3.8, 4) is 5.75 Å². The molecular weight excluding hydrogens is 354 g/mol. The maximum Gasteiger partial charge on any atom is 0.254 e. The summed E-state index contributed by atoms with van der Waals surface area (Å²) in [4.78, 5) is 14.6. The first-order valence-corrected chi connectivity index (χ1v) is 9.72. The molecule has 0 spiro atoms. The first-order valence-electron chi connectivity index (χ1n) is 9.72. The molecule has 3 aromatic rings. The molecule has 5 heteroatoms. The van der Waals surface area contributed by atoms with Crippen molar-refractivity contribution in [1.29, 1.82) is 0 Å². The van der Waals surface area contributed by atoms with Gasteiger partial charge in [-0.15, -0.1) is 0 Å². The lowest BCUT2D eigenvalue weighted by molar-refractivity contribution is 0.0678. The van der Waals surface area contributed by atoms with E-state index in [0.29, 0.717) is 12.2 Å². The van der Waals surface area contributed by atoms with Crippen LogP contribution < -0.4 is 4.74 Å². The number of nitrogens with zero attached hydrogens (tertiary/aromatic N) is 1. The maximum atomic E-state index is 12.9. The fourth-order valence-corrected chi connectivity index (χ4v) is 3.44. The summed E-state index contributed by atoms with van der Waals surface area (Å²) in [5.74, 6) is 1.47. The normalized spacial score (nSPS) is 17.6. The number of para-hydroxylation sites is 1. The molecule has 1 saturated heterocycles. The van der Waals surface area contributed by atoms with Crippen LogP contribution in [0, 0.1) is 0 Å². The van der Waals surface area contributed by atoms with E-state index in [1.165, 1.54) is 0 Å². The summed E-state index contributed by atoms with van der Waals surface area (Å²) >= 11 is 0. The van der Waals surface area contributed by atoms with Crippen molar-refractivity contribution in [2.24, 2.45) is 0 Å². The van der Waals surface area contributed by atoms with Crippen molar-refractivity contribution >= 4 is 16.9 Å². The molecule has 4 rings (SSSR count). The fraction of sp³-hybridized carbons (Fsp3) is 0.348. The number of benzene rings is 2. The topological polar surface area (TPSA) is 51.9 Å². The van der Waals surface area contributed by atoms with E-state index in [1.54, 1.807) is 24.1 Å². The Morgan fingerprint density at radius 2 is 2.00 bits per heavy atom. The number of amides is 1. The highest BCUT2D eigenvalue weighted by molar-refractivity contribution is 5.94. The van der Waals surface area contributed by atoms with E-state index in [9.17, 15) is 4.79 Å². The van der Waals surface area contributed by atoms with Crippen molar-refractivity contribution < 1.29 is 18.7 Å². The molecule has 0 bridgehead atoms. The van der Waals surface area contributed by atoms with Gasteiger partial charge in [-0.1, -0.05) is 18.2 Å². The molecule has 2 aromatic carbocycles. The minimum Gasteiger partial charge on any atom is -0.491 e. The van der Waals surface area contributed by atoms with Crippen molar-refractivity contribution in [3.63, 3.8) is 0 Å². The van der Waals surface area contributed by atoms with E-state index in [2.05, 4.69) is 0 Å². The van der Waals surface area contributed by atoms with Gasteiger partial charge < -0.3 is 18.8 Å². The highest BCUT2D eigenvalue weighted by Crippen LogP contribution is 2.28. The quantitative estimate of drug-likeness (QED) is 0.616. The third-order valence-corrected chi connectivity index (χ3v) is 5.32. The second kappa shape index (κ2) is 8.07. The van der Waals surface area contributed by atoms with E-state index in [0.717, 1.165) is 41.9 Å². The largest absolute Gasteiger partial charge is 0.491 e. The van der Waals surface area contributed by atoms with Crippen LogP contribution in [0.2, 0.25) is 0 Å². The van der Waals surface area contributed by atoms with Gasteiger partial charge in [0.2, 0.25) is 0 Å². The molecule has 1 aliphatic rings. The standard InChI is InChI=1S/C23H25NO4/c1-16(22-14-18-6-3-4-8-21(18)28-22)24(2)23(25)17-9-11-19(12-10-17)27-15-20-7-5-13-26-20/h3-4,6,8-12,14,16,20H,5,7,13,15H2,1-2H3/t16-,20+/m1/s1. The molecule has 1 aliphatic heterocycles. The Morgan fingerprint density at radius 1 is 1.21 bits per heavy atom. The van der Waals surface area contributed by atoms with Gasteiger partial charge in [0.25, 0.3) is 5.91 Å². The van der Waals surface area contributed by atoms with Gasteiger partial charge in [-0.3, -0.25) is 4.79 Å². The SMILES string of the molecule is C[C@H](c1cc2ccccc2o1)N(C)C(=O)c1ccc(OC[C@@H]2CCCO2)cc1. The Morgan fingerprint density at radius 3 is 2.71 bits per heavy atom. The van der Waals surface area contributed by atoms with Gasteiger partial charge in [0, 0.05) is 24.6 Å². The molecule has 5 nitrogen and oxygen atoms in total. The van der Waals surface area contributed by atoms with Crippen LogP contribution in [0.15, 0.2) is 59.0 Å². The minimum absolute atomic E-state index is 0.0568. The van der Waals surface area contributed by atoms with E-state index in [-0.39, 0.29) is 18.1 Å². The van der Waals surface area contributed by atoms with Gasteiger partial charge in [-0.2, -0.15) is 0 Å². The first kappa shape index (κ1) is 18.6. The Balaban J connectivity index is 1.40. The Labute approximate surface area is 164 Å². The molecular formula is C23H25NO4. The second-order valence-electron chi connectivity index (χ2n) is 7.25. The number of carbonyl (C=O) groups is 1. The van der Waals surface area contributed by atoms with Crippen LogP contribution in [-0.4, -0.2) is 37.2 Å². The Hall–Kier alpha value is -2.79. The Bertz CT molecular complexity index is 908. The number of ether oxygens (including phenoxy) is 2. The van der Waals surface area contributed by atoms with Crippen LogP contribution in [0.5, 0.6) is 5.75 Å². The molecule has 0 N–H and O–H groups in total. The van der Waals surface area contributed by atoms with Crippen molar-refractivity contribution in [2.45, 2.75) is 31.9 Å². The third-order valence-electron chi connectivity index (χ3n) is 5.32. The molecule has 2 heterocycles. The first-order chi connectivity index (χ1) is 13.6. The molecule has 1 amide bonds. The lowest BCUT2D eigenvalue weighted by Gasteiger charge is -2.23. The lowest BCUT2D eigenvalue weighted by Crippen LogP contribution is -2.29. The summed E-state index contributed by atoms with van der Waals surface area (Å²) in [7, 11) is 1.79. The van der Waals surface area contributed by atoms with E-state index in [4.69, 9.17) is 13.9 Å². The molecule has 0 aliphatic carbocycles. The molecule has 146 valence electrons. The predicted octanol–water partition coefficient (Wildman–Crippen LogP) is 4.82. The zero-order valence-electron chi connectivity index (χ0n) is 16.3. The molecule has 1 fully saturated rings. The zero-order chi connectivity index (χ0) is 19.5. The lowest BCUT2D eigenvalue weighted by atomic mass is 10.1. The summed E-state index contributed by atoms with van der Waals surface area (Å²) in [6, 6.07) is 16.9. The van der Waals surface area contributed by atoms with Gasteiger partial charge in [-0.25, -0.2) is 0 Å². The molecule has 0 radical (unpaired) electrons. The smallest absolute Gasteiger partial charge is 0.254 e. The number of furan rings is 1. The van der Waals surface area contributed by atoms with Gasteiger partial charge in [0.1, 0.15) is 23.7 Å². The monoisotopic (exact) mass is 379 g/mol. The second-order valence-corrected chi connectivity index (χ2v) is 7.25. The molecule has 0 saturated carbocycles. The van der Waals surface area contributed by atoms with Gasteiger partial charge in [-0.05, 0) is 56.2 Å². The van der Waals surface area contributed by atoms with Crippen molar-refractivity contribution in [1.82, 2.24) is 4.90 Å². The van der Waals surface area contributed by atoms with Crippen LogP contribution >= 0.6 is 0 Å². The number of carbonyl (C=O) groups excluding carboxylic acids is 1. The van der Waals surface area contributed by atoms with E-state index in [1.807, 2.05) is 49.4 Å². The number of hydrogen-bond donors (Lipinski definition) is 0. The van der Waals surface area contributed by atoms with Crippen LogP contribution in [0.25, 0.3) is 11.0 Å². The molecule has 28 heavy (non-hydrogen) atoms. The van der Waals surface area contributed by atoms with Gasteiger partial charge in [0.05, 0.1) is 12.1 Å². The Kier molecular flexibility index (Phi) is 5.35. The summed E-state index contributed by atoms with van der Waals surface area (Å²) in [5.41, 5.74) is 1.45. The minimum atomic E-state index is -0.171. The van der Waals surface area contributed by atoms with Crippen LogP contribution in [0.4, 0.5) is 0 Å². The van der Waals surface area contributed by atoms with Crippen molar-refractivity contribution in [3.05, 3.63) is 65.9 Å². The highest BCUT2D eigenvalue weighted by Gasteiger charge is 2.22. The van der Waals surface area contributed by atoms with E-state index >= 15 is 0 Å². The van der Waals surface area contributed by atoms with Crippen LogP contribution in [0.3, 0.4) is 0 Å². The van der Waals surface area contributed by atoms with E-state index < -0.39 is 0 Å². The summed E-state index contributed by atoms with van der Waals surface area (Å²) < 4.78 is 17.2. The average molecular weight is 379 g/mol. The van der Waals surface area contributed by atoms with Crippen LogP contribution in [-0.2, 0) is 4.74 Å². The number of fused-ring (bicyclic) bond motifs is 1. The maximum absolute atomic E-state index is 12.9. The number of hydrogen-bond acceptors (Lipinski definition) is 4. The summed E-state index contributed by atoms with van der Waals surface area (Å²) in [5, 5.41) is 1.04. The van der Waals surface area contributed by atoms with Crippen LogP contribution in [0.1, 0.15) is 41.9 Å². The summed E-state index contributed by atoms with van der Waals surface area (Å²) in [6.45, 7) is 3.34. The molecule has 0 unspecified atom stereocenters. The summed E-state index contributed by atoms with van der Waals surface area (Å²) in [6.07, 6.45) is 2.32. The van der Waals surface area contributed by atoms with Crippen molar-refractivity contribution in [2.75, 3.05) is 20.3 Å². The fourth-order valence-electron chi connectivity index (χ4n) is 3.44. The molecule has 2 atom stereocenters. The van der Waals surface area contributed by atoms with Gasteiger partial charge in [0.15, 0.2) is 0 Å². The highest BCUT2D eigenvalue weighted by atomic mass is 16.5. The predicted molar refractivity (Wildman–Crippen MR) is 108 cm³/mol. The average Bonchev–Trinajstić information content (AvgIpc) is 3.40. The number of rotatable bonds is 6. The van der Waals surface area contributed by atoms with Gasteiger partial charge >= 0.3 is 0 Å². The molecule has 1 aromatic heterocycles. The zero-order valence-corrected chi connectivity index (χ0v) is 16.3. The third kappa shape index (κ3) is 3.90.